The van der Waals surface area contributed by atoms with E-state index in [1.165, 1.54) is 0 Å². The summed E-state index contributed by atoms with van der Waals surface area (Å²) in [6.07, 6.45) is 0.00250. The molecule has 1 aliphatic heterocycles. The van der Waals surface area contributed by atoms with Gasteiger partial charge in [0, 0.05) is 13.0 Å². The van der Waals surface area contributed by atoms with Gasteiger partial charge in [0.25, 0.3) is 0 Å². The molecule has 13 heavy (non-hydrogen) atoms. The van der Waals surface area contributed by atoms with Crippen LogP contribution in [-0.2, 0) is 14.3 Å². The van der Waals surface area contributed by atoms with Gasteiger partial charge < -0.3 is 14.8 Å². The molecule has 4 nitrogen and oxygen atoms in total. The summed E-state index contributed by atoms with van der Waals surface area (Å²) < 4.78 is 10.4. The number of amides is 1. The van der Waals surface area contributed by atoms with Gasteiger partial charge in [0.15, 0.2) is 0 Å². The molecule has 2 atom stereocenters. The number of methoxy groups -OCH3 is 1. The lowest BCUT2D eigenvalue weighted by Gasteiger charge is -2.18. The molecule has 4 heteroatoms. The maximum absolute atomic E-state index is 11.3. The number of ether oxygens (including phenoxy) is 2. The Morgan fingerprint density at radius 2 is 2.23 bits per heavy atom. The highest BCUT2D eigenvalue weighted by Gasteiger charge is 2.29. The normalized spacial score (nSPS) is 28.0. The average Bonchev–Trinajstić information content (AvgIpc) is 2.51. The van der Waals surface area contributed by atoms with Gasteiger partial charge in [0.1, 0.15) is 6.10 Å². The molecular formula is C9H17NO3. The average molecular weight is 187 g/mol. The molecule has 1 heterocycles. The zero-order valence-corrected chi connectivity index (χ0v) is 8.37. The summed E-state index contributed by atoms with van der Waals surface area (Å²) in [6.45, 7) is 4.86. The first kappa shape index (κ1) is 10.5. The highest BCUT2D eigenvalue weighted by atomic mass is 16.5. The van der Waals surface area contributed by atoms with E-state index >= 15 is 0 Å². The molecule has 0 aliphatic carbocycles. The first-order chi connectivity index (χ1) is 6.15. The lowest BCUT2D eigenvalue weighted by Crippen LogP contribution is -2.44. The minimum Gasteiger partial charge on any atom is -0.377 e. The van der Waals surface area contributed by atoms with Gasteiger partial charge in [-0.2, -0.15) is 0 Å². The van der Waals surface area contributed by atoms with Crippen LogP contribution in [0.4, 0.5) is 0 Å². The third-order valence-electron chi connectivity index (χ3n) is 2.18. The molecule has 1 N–H and O–H groups in total. The summed E-state index contributed by atoms with van der Waals surface area (Å²) >= 11 is 0. The Bertz CT molecular complexity index is 182. The number of carbonyl (C=O) groups is 1. The summed E-state index contributed by atoms with van der Waals surface area (Å²) in [5.41, 5.74) is 0. The van der Waals surface area contributed by atoms with Gasteiger partial charge >= 0.3 is 0 Å². The molecule has 0 unspecified atom stereocenters. The Balaban J connectivity index is 2.39. The van der Waals surface area contributed by atoms with Gasteiger partial charge in [-0.1, -0.05) is 13.8 Å². The van der Waals surface area contributed by atoms with Crippen molar-refractivity contribution >= 4 is 5.91 Å². The summed E-state index contributed by atoms with van der Waals surface area (Å²) in [6, 6.07) is 0.0138. The number of hydrogen-bond donors (Lipinski definition) is 1. The fourth-order valence-corrected chi connectivity index (χ4v) is 1.25. The highest BCUT2D eigenvalue weighted by molar-refractivity contribution is 5.78. The van der Waals surface area contributed by atoms with Crippen LogP contribution >= 0.6 is 0 Å². The van der Waals surface area contributed by atoms with Gasteiger partial charge in [-0.3, -0.25) is 4.79 Å². The molecule has 0 saturated carbocycles. The summed E-state index contributed by atoms with van der Waals surface area (Å²) in [5, 5.41) is 2.89. The van der Waals surface area contributed by atoms with Crippen LogP contribution in [-0.4, -0.2) is 38.4 Å². The molecule has 0 radical (unpaired) electrons. The van der Waals surface area contributed by atoms with Crippen molar-refractivity contribution in [3.05, 3.63) is 0 Å². The zero-order valence-electron chi connectivity index (χ0n) is 8.37. The first-order valence-electron chi connectivity index (χ1n) is 4.56. The Hall–Kier alpha value is -0.610. The standard InChI is InChI=1S/C9H17NO3/c1-6(2)9(11)10-7-4-13-5-8(7)12-3/h6-8H,4-5H2,1-3H3,(H,10,11)/t7-,8-/m0/s1. The second-order valence-corrected chi connectivity index (χ2v) is 3.58. The third-order valence-corrected chi connectivity index (χ3v) is 2.18. The Morgan fingerprint density at radius 1 is 1.54 bits per heavy atom. The van der Waals surface area contributed by atoms with Crippen molar-refractivity contribution in [1.29, 1.82) is 0 Å². The molecular weight excluding hydrogens is 170 g/mol. The van der Waals surface area contributed by atoms with Gasteiger partial charge in [-0.25, -0.2) is 0 Å². The van der Waals surface area contributed by atoms with E-state index in [1.54, 1.807) is 7.11 Å². The van der Waals surface area contributed by atoms with E-state index in [4.69, 9.17) is 9.47 Å². The van der Waals surface area contributed by atoms with Gasteiger partial charge in [0.2, 0.25) is 5.91 Å². The van der Waals surface area contributed by atoms with Crippen molar-refractivity contribution in [2.45, 2.75) is 26.0 Å². The largest absolute Gasteiger partial charge is 0.377 e. The lowest BCUT2D eigenvalue weighted by molar-refractivity contribution is -0.125. The second kappa shape index (κ2) is 4.58. The second-order valence-electron chi connectivity index (χ2n) is 3.58. The highest BCUT2D eigenvalue weighted by Crippen LogP contribution is 2.09. The van der Waals surface area contributed by atoms with E-state index in [-0.39, 0.29) is 24.0 Å². The molecule has 76 valence electrons. The Labute approximate surface area is 78.6 Å². The van der Waals surface area contributed by atoms with Crippen molar-refractivity contribution in [3.63, 3.8) is 0 Å². The summed E-state index contributed by atoms with van der Waals surface area (Å²) in [7, 11) is 1.63. The van der Waals surface area contributed by atoms with E-state index in [0.717, 1.165) is 0 Å². The van der Waals surface area contributed by atoms with Crippen molar-refractivity contribution < 1.29 is 14.3 Å². The number of carbonyl (C=O) groups excluding carboxylic acids is 1. The van der Waals surface area contributed by atoms with Crippen LogP contribution < -0.4 is 5.32 Å². The molecule has 1 saturated heterocycles. The minimum absolute atomic E-state index is 0.00250. The first-order valence-corrected chi connectivity index (χ1v) is 4.56. The van der Waals surface area contributed by atoms with Crippen LogP contribution in [0, 0.1) is 5.92 Å². The molecule has 0 bridgehead atoms. The van der Waals surface area contributed by atoms with Crippen LogP contribution in [0.2, 0.25) is 0 Å². The fraction of sp³-hybridized carbons (Fsp3) is 0.889. The van der Waals surface area contributed by atoms with Gasteiger partial charge in [-0.15, -0.1) is 0 Å². The Kier molecular flexibility index (Phi) is 3.69. The molecule has 0 aromatic heterocycles. The van der Waals surface area contributed by atoms with Crippen LogP contribution in [0.3, 0.4) is 0 Å². The van der Waals surface area contributed by atoms with E-state index in [9.17, 15) is 4.79 Å². The molecule has 1 amide bonds. The van der Waals surface area contributed by atoms with E-state index in [1.807, 2.05) is 13.8 Å². The van der Waals surface area contributed by atoms with Crippen molar-refractivity contribution in [2.75, 3.05) is 20.3 Å². The topological polar surface area (TPSA) is 47.6 Å². The molecule has 0 aromatic carbocycles. The van der Waals surface area contributed by atoms with Crippen LogP contribution in [0.15, 0.2) is 0 Å². The summed E-state index contributed by atoms with van der Waals surface area (Å²) in [5.74, 6) is 0.0654. The number of rotatable bonds is 3. The van der Waals surface area contributed by atoms with E-state index in [2.05, 4.69) is 5.32 Å². The SMILES string of the molecule is CO[C@H]1COC[C@@H]1NC(=O)C(C)C. The molecule has 1 rings (SSSR count). The third kappa shape index (κ3) is 2.67. The molecule has 0 aromatic rings. The van der Waals surface area contributed by atoms with Crippen molar-refractivity contribution in [2.24, 2.45) is 5.92 Å². The molecule has 0 spiro atoms. The predicted octanol–water partition coefficient (Wildman–Crippen LogP) is 0.172. The van der Waals surface area contributed by atoms with Crippen LogP contribution in [0.25, 0.3) is 0 Å². The van der Waals surface area contributed by atoms with Gasteiger partial charge in [0.05, 0.1) is 19.3 Å². The fourth-order valence-electron chi connectivity index (χ4n) is 1.25. The maximum atomic E-state index is 11.3. The van der Waals surface area contributed by atoms with Crippen molar-refractivity contribution in [3.8, 4) is 0 Å². The molecule has 1 aliphatic rings. The minimum atomic E-state index is 0.00250. The zero-order chi connectivity index (χ0) is 9.84. The quantitative estimate of drug-likeness (QED) is 0.685. The Morgan fingerprint density at radius 3 is 2.77 bits per heavy atom. The smallest absolute Gasteiger partial charge is 0.222 e. The predicted molar refractivity (Wildman–Crippen MR) is 48.4 cm³/mol. The van der Waals surface area contributed by atoms with Gasteiger partial charge in [-0.05, 0) is 0 Å². The van der Waals surface area contributed by atoms with E-state index < -0.39 is 0 Å². The maximum Gasteiger partial charge on any atom is 0.222 e. The number of nitrogens with one attached hydrogen (secondary N) is 1. The summed E-state index contributed by atoms with van der Waals surface area (Å²) in [4.78, 5) is 11.3. The van der Waals surface area contributed by atoms with E-state index in [0.29, 0.717) is 13.2 Å². The monoisotopic (exact) mass is 187 g/mol. The van der Waals surface area contributed by atoms with Crippen LogP contribution in [0.1, 0.15) is 13.8 Å². The molecule has 1 fully saturated rings. The van der Waals surface area contributed by atoms with Crippen molar-refractivity contribution in [1.82, 2.24) is 5.32 Å². The van der Waals surface area contributed by atoms with Crippen LogP contribution in [0.5, 0.6) is 0 Å². The lowest BCUT2D eigenvalue weighted by atomic mass is 10.1. The number of hydrogen-bond acceptors (Lipinski definition) is 3.